The molecule has 2 aromatic heterocycles. The molecule has 148 valence electrons. The van der Waals surface area contributed by atoms with Gasteiger partial charge in [-0.25, -0.2) is 14.4 Å². The van der Waals surface area contributed by atoms with Crippen molar-refractivity contribution in [2.24, 2.45) is 0 Å². The van der Waals surface area contributed by atoms with Gasteiger partial charge in [0.1, 0.15) is 24.7 Å². The minimum absolute atomic E-state index is 0.274. The van der Waals surface area contributed by atoms with Crippen LogP contribution in [0.2, 0.25) is 0 Å². The number of aryl methyl sites for hydroxylation is 2. The molecule has 7 heteroatoms. The molecule has 0 aliphatic carbocycles. The summed E-state index contributed by atoms with van der Waals surface area (Å²) in [7, 11) is 1.59. The fourth-order valence-electron chi connectivity index (χ4n) is 3.55. The quantitative estimate of drug-likeness (QED) is 0.706. The average molecular weight is 384 g/mol. The Bertz CT molecular complexity index is 918. The minimum atomic E-state index is -1.01. The maximum atomic E-state index is 14.4. The number of alkyl halides is 1. The zero-order chi connectivity index (χ0) is 19.7. The molecule has 2 unspecified atom stereocenters. The number of hydrogen-bond donors (Lipinski definition) is 1. The lowest BCUT2D eigenvalue weighted by atomic mass is 10.1. The molecule has 2 atom stereocenters. The Morgan fingerprint density at radius 3 is 2.79 bits per heavy atom. The van der Waals surface area contributed by atoms with Crippen molar-refractivity contribution in [1.29, 1.82) is 0 Å². The highest BCUT2D eigenvalue weighted by Crippen LogP contribution is 2.22. The molecule has 28 heavy (non-hydrogen) atoms. The highest BCUT2D eigenvalue weighted by atomic mass is 19.1. The van der Waals surface area contributed by atoms with Crippen LogP contribution in [0, 0.1) is 13.8 Å². The van der Waals surface area contributed by atoms with E-state index < -0.39 is 12.3 Å². The van der Waals surface area contributed by atoms with E-state index in [0.717, 1.165) is 22.4 Å². The number of H-pyrrole nitrogens is 1. The molecule has 0 spiro atoms. The Labute approximate surface area is 163 Å². The molecule has 0 bridgehead atoms. The lowest BCUT2D eigenvalue weighted by molar-refractivity contribution is 0.00863. The van der Waals surface area contributed by atoms with Crippen LogP contribution in [-0.4, -0.2) is 52.3 Å². The van der Waals surface area contributed by atoms with Crippen molar-refractivity contribution in [3.63, 3.8) is 0 Å². The van der Waals surface area contributed by atoms with Crippen LogP contribution in [0.25, 0.3) is 11.0 Å². The molecule has 1 N–H and O–H groups in total. The maximum absolute atomic E-state index is 14.4. The summed E-state index contributed by atoms with van der Waals surface area (Å²) in [5.74, 6) is 1.30. The van der Waals surface area contributed by atoms with E-state index in [4.69, 9.17) is 9.47 Å². The molecule has 4 rings (SSSR count). The second-order valence-corrected chi connectivity index (χ2v) is 7.41. The molecule has 3 heterocycles. The van der Waals surface area contributed by atoms with Crippen LogP contribution in [0.4, 0.5) is 4.39 Å². The van der Waals surface area contributed by atoms with Crippen molar-refractivity contribution in [2.75, 3.05) is 20.2 Å². The molecule has 3 aromatic rings. The van der Waals surface area contributed by atoms with Gasteiger partial charge in [-0.2, -0.15) is 0 Å². The number of nitrogens with zero attached hydrogens (tertiary/aromatic N) is 3. The van der Waals surface area contributed by atoms with Crippen molar-refractivity contribution in [2.45, 2.75) is 39.3 Å². The molecule has 0 saturated carbocycles. The van der Waals surface area contributed by atoms with Gasteiger partial charge in [0, 0.05) is 31.9 Å². The number of imidazole rings is 1. The molecular formula is C21H25FN4O2. The molecule has 1 aliphatic rings. The molecule has 1 fully saturated rings. The van der Waals surface area contributed by atoms with Gasteiger partial charge < -0.3 is 14.5 Å². The number of likely N-dealkylation sites (tertiary alicyclic amines) is 1. The van der Waals surface area contributed by atoms with Crippen molar-refractivity contribution < 1.29 is 13.9 Å². The summed E-state index contributed by atoms with van der Waals surface area (Å²) in [6.45, 7) is 5.96. The topological polar surface area (TPSA) is 63.3 Å². The summed E-state index contributed by atoms with van der Waals surface area (Å²) in [4.78, 5) is 14.1. The van der Waals surface area contributed by atoms with E-state index in [-0.39, 0.29) is 6.61 Å². The number of rotatable bonds is 6. The standard InChI is InChI=1S/C21H25FN4O2/c1-13-6-17-18(7-14(13)2)25-20(24-17)12-28-19-11-26(10-16(19)22)9-15-4-5-21(27-3)23-8-15/h4-8,16,19H,9-12H2,1-3H3,(H,24,25). The van der Waals surface area contributed by atoms with E-state index in [9.17, 15) is 4.39 Å². The fraction of sp³-hybridized carbons (Fsp3) is 0.429. The Balaban J connectivity index is 1.35. The van der Waals surface area contributed by atoms with E-state index in [1.165, 1.54) is 11.1 Å². The van der Waals surface area contributed by atoms with Gasteiger partial charge in [-0.05, 0) is 42.7 Å². The Hall–Kier alpha value is -2.51. The van der Waals surface area contributed by atoms with E-state index in [0.29, 0.717) is 25.5 Å². The van der Waals surface area contributed by atoms with Crippen LogP contribution >= 0.6 is 0 Å². The number of methoxy groups -OCH3 is 1. The lowest BCUT2D eigenvalue weighted by Gasteiger charge is -2.15. The second kappa shape index (κ2) is 7.85. The number of benzene rings is 1. The third-order valence-electron chi connectivity index (χ3n) is 5.27. The second-order valence-electron chi connectivity index (χ2n) is 7.41. The SMILES string of the molecule is COc1ccc(CN2CC(F)C(OCc3nc4cc(C)c(C)cc4[nH]3)C2)cn1. The minimum Gasteiger partial charge on any atom is -0.481 e. The predicted octanol–water partition coefficient (Wildman–Crippen LogP) is 3.32. The average Bonchev–Trinajstić information content (AvgIpc) is 3.23. The molecule has 0 radical (unpaired) electrons. The number of fused-ring (bicyclic) bond motifs is 1. The first-order chi connectivity index (χ1) is 13.5. The first-order valence-electron chi connectivity index (χ1n) is 9.44. The van der Waals surface area contributed by atoms with Crippen LogP contribution < -0.4 is 4.74 Å². The van der Waals surface area contributed by atoms with Gasteiger partial charge in [-0.3, -0.25) is 4.90 Å². The number of nitrogens with one attached hydrogen (secondary N) is 1. The van der Waals surface area contributed by atoms with Crippen LogP contribution in [0.15, 0.2) is 30.5 Å². The Morgan fingerprint density at radius 1 is 1.21 bits per heavy atom. The summed E-state index contributed by atoms with van der Waals surface area (Å²) >= 11 is 0. The summed E-state index contributed by atoms with van der Waals surface area (Å²) in [6, 6.07) is 7.91. The lowest BCUT2D eigenvalue weighted by Crippen LogP contribution is -2.24. The van der Waals surface area contributed by atoms with Gasteiger partial charge in [0.05, 0.1) is 18.1 Å². The Kier molecular flexibility index (Phi) is 5.28. The van der Waals surface area contributed by atoms with Gasteiger partial charge in [0.25, 0.3) is 0 Å². The van der Waals surface area contributed by atoms with Crippen molar-refractivity contribution in [1.82, 2.24) is 19.9 Å². The van der Waals surface area contributed by atoms with Gasteiger partial charge >= 0.3 is 0 Å². The number of hydrogen-bond acceptors (Lipinski definition) is 5. The van der Waals surface area contributed by atoms with E-state index >= 15 is 0 Å². The summed E-state index contributed by atoms with van der Waals surface area (Å²) in [5.41, 5.74) is 5.34. The van der Waals surface area contributed by atoms with Crippen LogP contribution in [0.1, 0.15) is 22.5 Å². The first kappa shape index (κ1) is 18.8. The van der Waals surface area contributed by atoms with E-state index in [1.807, 2.05) is 17.0 Å². The highest BCUT2D eigenvalue weighted by Gasteiger charge is 2.33. The third kappa shape index (κ3) is 4.00. The van der Waals surface area contributed by atoms with Crippen LogP contribution in [-0.2, 0) is 17.9 Å². The molecule has 1 aromatic carbocycles. The fourth-order valence-corrected chi connectivity index (χ4v) is 3.55. The van der Waals surface area contributed by atoms with Crippen molar-refractivity contribution in [3.05, 3.63) is 53.0 Å². The zero-order valence-corrected chi connectivity index (χ0v) is 16.4. The molecule has 0 amide bonds. The number of halogens is 1. The Morgan fingerprint density at radius 2 is 2.04 bits per heavy atom. The molecule has 1 aliphatic heterocycles. The van der Waals surface area contributed by atoms with Crippen molar-refractivity contribution in [3.8, 4) is 5.88 Å². The maximum Gasteiger partial charge on any atom is 0.212 e. The molecule has 6 nitrogen and oxygen atoms in total. The summed E-state index contributed by atoms with van der Waals surface area (Å²) in [6.07, 6.45) is 0.293. The normalized spacial score (nSPS) is 20.1. The van der Waals surface area contributed by atoms with Gasteiger partial charge in [0.15, 0.2) is 0 Å². The van der Waals surface area contributed by atoms with Crippen LogP contribution in [0.5, 0.6) is 5.88 Å². The number of ether oxygens (including phenoxy) is 2. The van der Waals surface area contributed by atoms with Gasteiger partial charge in [0.2, 0.25) is 5.88 Å². The molecule has 1 saturated heterocycles. The molecular weight excluding hydrogens is 359 g/mol. The van der Waals surface area contributed by atoms with Gasteiger partial charge in [-0.15, -0.1) is 0 Å². The third-order valence-corrected chi connectivity index (χ3v) is 5.27. The summed E-state index contributed by atoms with van der Waals surface area (Å²) < 4.78 is 25.4. The number of pyridine rings is 1. The van der Waals surface area contributed by atoms with Gasteiger partial charge in [-0.1, -0.05) is 6.07 Å². The zero-order valence-electron chi connectivity index (χ0n) is 16.4. The number of aromatic amines is 1. The highest BCUT2D eigenvalue weighted by molar-refractivity contribution is 5.77. The predicted molar refractivity (Wildman–Crippen MR) is 105 cm³/mol. The summed E-state index contributed by atoms with van der Waals surface area (Å²) in [5, 5.41) is 0. The smallest absolute Gasteiger partial charge is 0.212 e. The first-order valence-corrected chi connectivity index (χ1v) is 9.44. The van der Waals surface area contributed by atoms with E-state index in [2.05, 4.69) is 40.9 Å². The monoisotopic (exact) mass is 384 g/mol. The number of aromatic nitrogens is 3. The van der Waals surface area contributed by atoms with Crippen molar-refractivity contribution >= 4 is 11.0 Å². The largest absolute Gasteiger partial charge is 0.481 e. The van der Waals surface area contributed by atoms with E-state index in [1.54, 1.807) is 13.3 Å². The van der Waals surface area contributed by atoms with Crippen LogP contribution in [0.3, 0.4) is 0 Å².